The number of aryl methyl sites for hydroxylation is 2. The fourth-order valence-electron chi connectivity index (χ4n) is 7.04. The molecule has 0 unspecified atom stereocenters. The van der Waals surface area contributed by atoms with Gasteiger partial charge >= 0.3 is 0 Å². The van der Waals surface area contributed by atoms with Crippen molar-refractivity contribution >= 4 is 114 Å². The summed E-state index contributed by atoms with van der Waals surface area (Å²) in [7, 11) is -18.3. The van der Waals surface area contributed by atoms with Crippen LogP contribution in [-0.2, 0) is 40.5 Å². The normalized spacial score (nSPS) is 12.8. The molecule has 30 heteroatoms. The number of hydrogen-bond donors (Lipinski definition) is 5. The molecular weight excluding hydrogens is 1080 g/mol. The van der Waals surface area contributed by atoms with Crippen molar-refractivity contribution in [3.8, 4) is 17.7 Å². The Morgan fingerprint density at radius 3 is 1.88 bits per heavy atom. The number of ether oxygens (including phenoxy) is 1. The third-order valence-electron chi connectivity index (χ3n) is 10.6. The van der Waals surface area contributed by atoms with E-state index in [0.717, 1.165) is 30.0 Å². The van der Waals surface area contributed by atoms with Gasteiger partial charge in [-0.15, -0.1) is 37.3 Å². The van der Waals surface area contributed by atoms with Gasteiger partial charge in [0.05, 0.1) is 51.9 Å². The number of nitriles is 1. The zero-order chi connectivity index (χ0) is 54.5. The first kappa shape index (κ1) is 55.3. The average molecular weight is 1120 g/mol. The van der Waals surface area contributed by atoms with Gasteiger partial charge in [-0.3, -0.25) is 22.6 Å². The standard InChI is InChI=1S/C45H41N11O14S5/c1-26-20-36(53-55-43-28(3)30(25-46)44-47-31-10-4-6-12-38(31)56(44)45(43)57)39(70-16-8-18-72(58,59)60)23-34(26)51-54-37-21-27(2)35(24-40(37)71-17-9-19-73(61,62)63)52-50-33-15-14-29(22-42(33)75(67,68)69)48-49-32-11-5-7-13-41(32)74(64,65)66/h4-7,10-15,20-24,57H,8-9,16-19H2,1-3H3,(H,58,59,60)(H,61,62,63)(H,64,65,66)(H,67,68,69). The molecule has 0 aliphatic carbocycles. The molecule has 0 bridgehead atoms. The van der Waals surface area contributed by atoms with E-state index in [2.05, 4.69) is 52.0 Å². The molecule has 0 aliphatic heterocycles. The van der Waals surface area contributed by atoms with Crippen LogP contribution in [0.4, 0.5) is 45.5 Å². The third kappa shape index (κ3) is 13.8. The molecular formula is C45H41N11O14S5. The van der Waals surface area contributed by atoms with Crippen LogP contribution in [0.1, 0.15) is 35.1 Å². The lowest BCUT2D eigenvalue weighted by atomic mass is 10.1. The van der Waals surface area contributed by atoms with Gasteiger partial charge in [0.15, 0.2) is 11.3 Å². The van der Waals surface area contributed by atoms with E-state index in [0.29, 0.717) is 27.1 Å². The van der Waals surface area contributed by atoms with Gasteiger partial charge in [0.25, 0.3) is 40.5 Å². The summed E-state index contributed by atoms with van der Waals surface area (Å²) >= 11 is 1.11. The molecule has 0 aliphatic rings. The largest absolute Gasteiger partial charge is 0.493 e. The molecule has 2 aromatic heterocycles. The Hall–Kier alpha value is -7.47. The molecule has 75 heavy (non-hydrogen) atoms. The molecule has 7 aromatic rings. The second-order valence-electron chi connectivity index (χ2n) is 16.1. The minimum Gasteiger partial charge on any atom is -0.493 e. The molecule has 0 fully saturated rings. The maximum atomic E-state index is 12.5. The predicted molar refractivity (Wildman–Crippen MR) is 274 cm³/mol. The maximum Gasteiger partial charge on any atom is 0.296 e. The van der Waals surface area contributed by atoms with Gasteiger partial charge in [0.1, 0.15) is 44.2 Å². The van der Waals surface area contributed by atoms with Crippen molar-refractivity contribution in [2.75, 3.05) is 23.9 Å². The molecule has 0 radical (unpaired) electrons. The minimum absolute atomic E-state index is 0.00289. The minimum atomic E-state index is -4.99. The van der Waals surface area contributed by atoms with Crippen molar-refractivity contribution in [1.29, 1.82) is 5.26 Å². The van der Waals surface area contributed by atoms with Crippen LogP contribution < -0.4 is 4.74 Å². The quantitative estimate of drug-likeness (QED) is 0.0205. The van der Waals surface area contributed by atoms with Crippen LogP contribution in [0.2, 0.25) is 0 Å². The molecule has 0 saturated heterocycles. The highest BCUT2D eigenvalue weighted by Gasteiger charge is 2.22. The van der Waals surface area contributed by atoms with E-state index in [4.69, 9.17) is 4.74 Å². The summed E-state index contributed by atoms with van der Waals surface area (Å²) in [6, 6.07) is 23.5. The molecule has 0 spiro atoms. The lowest BCUT2D eigenvalue weighted by Gasteiger charge is -2.12. The van der Waals surface area contributed by atoms with Crippen molar-refractivity contribution < 1.29 is 61.7 Å². The number of hydrogen-bond acceptors (Lipinski definition) is 21. The Morgan fingerprint density at radius 1 is 0.627 bits per heavy atom. The number of azo groups is 4. The fraction of sp³-hybridized carbons (Fsp3) is 0.200. The van der Waals surface area contributed by atoms with E-state index in [9.17, 15) is 62.3 Å². The van der Waals surface area contributed by atoms with E-state index in [1.165, 1.54) is 46.9 Å². The number of aromatic nitrogens is 2. The number of benzene rings is 5. The molecule has 0 atom stereocenters. The predicted octanol–water partition coefficient (Wildman–Crippen LogP) is 11.2. The SMILES string of the molecule is Cc1cc(N=Nc2c(C)c(C#N)c3nc4ccccc4n3c2O)c(OCCCS(=O)(=O)O)cc1N=Nc1cc(C)c(N=Nc2ccc(N=Nc3ccccc3S(=O)(=O)O)cc2S(=O)(=O)O)cc1SCCCS(=O)(=O)O. The van der Waals surface area contributed by atoms with Gasteiger partial charge in [0.2, 0.25) is 5.88 Å². The molecule has 2 heterocycles. The number of rotatable bonds is 20. The summed E-state index contributed by atoms with van der Waals surface area (Å²) in [5, 5.41) is 55.2. The summed E-state index contributed by atoms with van der Waals surface area (Å²) in [6.07, 6.45) is -0.133. The zero-order valence-corrected chi connectivity index (χ0v) is 43.4. The van der Waals surface area contributed by atoms with Gasteiger partial charge < -0.3 is 9.84 Å². The van der Waals surface area contributed by atoms with Crippen molar-refractivity contribution in [2.24, 2.45) is 40.9 Å². The van der Waals surface area contributed by atoms with E-state index < -0.39 is 61.8 Å². The van der Waals surface area contributed by atoms with Crippen LogP contribution in [0.25, 0.3) is 16.7 Å². The number of fused-ring (bicyclic) bond motifs is 3. The molecule has 5 aromatic carbocycles. The van der Waals surface area contributed by atoms with Gasteiger partial charge in [-0.05, 0) is 111 Å². The molecule has 25 nitrogen and oxygen atoms in total. The van der Waals surface area contributed by atoms with Crippen molar-refractivity contribution in [3.63, 3.8) is 0 Å². The number of pyridine rings is 1. The molecule has 5 N–H and O–H groups in total. The summed E-state index contributed by atoms with van der Waals surface area (Å²) < 4.78 is 140. The molecule has 0 amide bonds. The Kier molecular flexibility index (Phi) is 16.6. The van der Waals surface area contributed by atoms with Crippen molar-refractivity contribution in [3.05, 3.63) is 113 Å². The van der Waals surface area contributed by atoms with Crippen LogP contribution in [0.15, 0.2) is 147 Å². The maximum absolute atomic E-state index is 12.5. The highest BCUT2D eigenvalue weighted by atomic mass is 32.2. The first-order valence-corrected chi connectivity index (χ1v) is 28.7. The lowest BCUT2D eigenvalue weighted by Crippen LogP contribution is -2.08. The van der Waals surface area contributed by atoms with Crippen LogP contribution in [0.3, 0.4) is 0 Å². The summed E-state index contributed by atoms with van der Waals surface area (Å²) in [6.45, 7) is 4.62. The second-order valence-corrected chi connectivity index (χ2v) is 23.2. The molecule has 0 saturated carbocycles. The van der Waals surface area contributed by atoms with Gasteiger partial charge in [0, 0.05) is 16.5 Å². The topological polar surface area (TPSA) is 387 Å². The Bertz CT molecular complexity index is 4050. The van der Waals surface area contributed by atoms with E-state index in [1.807, 2.05) is 0 Å². The number of imidazole rings is 1. The average Bonchev–Trinajstić information content (AvgIpc) is 3.72. The van der Waals surface area contributed by atoms with E-state index in [1.54, 1.807) is 51.1 Å². The third-order valence-corrected chi connectivity index (χ3v) is 15.2. The smallest absolute Gasteiger partial charge is 0.296 e. The van der Waals surface area contributed by atoms with Gasteiger partial charge in [-0.1, -0.05) is 24.3 Å². The fourth-order valence-corrected chi connectivity index (χ4v) is 10.4. The van der Waals surface area contributed by atoms with Crippen LogP contribution in [-0.4, -0.2) is 90.2 Å². The first-order chi connectivity index (χ1) is 35.3. The number of para-hydroxylation sites is 2. The summed E-state index contributed by atoms with van der Waals surface area (Å²) in [5.41, 5.74) is 2.39. The Labute approximate surface area is 432 Å². The van der Waals surface area contributed by atoms with E-state index in [-0.39, 0.29) is 99.1 Å². The van der Waals surface area contributed by atoms with Gasteiger partial charge in [-0.2, -0.15) is 54.3 Å². The van der Waals surface area contributed by atoms with Crippen LogP contribution >= 0.6 is 11.8 Å². The highest BCUT2D eigenvalue weighted by Crippen LogP contribution is 2.43. The van der Waals surface area contributed by atoms with Crippen LogP contribution in [0, 0.1) is 32.1 Å². The monoisotopic (exact) mass is 1120 g/mol. The Balaban J connectivity index is 1.24. The summed E-state index contributed by atoms with van der Waals surface area (Å²) in [4.78, 5) is 3.57. The first-order valence-electron chi connectivity index (χ1n) is 21.6. The van der Waals surface area contributed by atoms with Crippen molar-refractivity contribution in [2.45, 2.75) is 48.3 Å². The number of aromatic hydroxyl groups is 1. The van der Waals surface area contributed by atoms with Gasteiger partial charge in [-0.25, -0.2) is 4.98 Å². The second kappa shape index (κ2) is 22.6. The molecule has 390 valence electrons. The number of nitrogens with zero attached hydrogens (tertiary/aromatic N) is 11. The van der Waals surface area contributed by atoms with E-state index >= 15 is 0 Å². The summed E-state index contributed by atoms with van der Waals surface area (Å²) in [5.74, 6) is -1.37. The highest BCUT2D eigenvalue weighted by molar-refractivity contribution is 7.99. The zero-order valence-electron chi connectivity index (χ0n) is 39.3. The van der Waals surface area contributed by atoms with Crippen LogP contribution in [0.5, 0.6) is 11.6 Å². The number of thioether (sulfide) groups is 1. The lowest BCUT2D eigenvalue weighted by molar-refractivity contribution is 0.317. The Morgan fingerprint density at radius 2 is 1.20 bits per heavy atom. The molecule has 7 rings (SSSR count). The van der Waals surface area contributed by atoms with Crippen molar-refractivity contribution in [1.82, 2.24) is 9.38 Å².